The van der Waals surface area contributed by atoms with E-state index in [1.54, 1.807) is 11.0 Å². The van der Waals surface area contributed by atoms with Gasteiger partial charge in [0, 0.05) is 44.4 Å². The van der Waals surface area contributed by atoms with Gasteiger partial charge in [-0.25, -0.2) is 14.8 Å². The number of anilines is 2. The zero-order valence-electron chi connectivity index (χ0n) is 21.1. The summed E-state index contributed by atoms with van der Waals surface area (Å²) in [6.07, 6.45) is -4.91. The molecule has 0 atom stereocenters. The fourth-order valence-corrected chi connectivity index (χ4v) is 5.50. The van der Waals surface area contributed by atoms with Crippen LogP contribution in [0.3, 0.4) is 0 Å². The first-order valence-corrected chi connectivity index (χ1v) is 13.0. The molecule has 1 fully saturated rings. The van der Waals surface area contributed by atoms with Crippen LogP contribution in [0.4, 0.5) is 24.3 Å². The van der Waals surface area contributed by atoms with Crippen LogP contribution in [-0.4, -0.2) is 80.9 Å². The first kappa shape index (κ1) is 26.7. The molecule has 1 aliphatic rings. The summed E-state index contributed by atoms with van der Waals surface area (Å²) in [5.41, 5.74) is 1.85. The number of nitrogens with one attached hydrogen (secondary N) is 1. The maximum absolute atomic E-state index is 13.1. The molecule has 3 heterocycles. The molecule has 1 saturated heterocycles. The molecule has 1 aliphatic heterocycles. The van der Waals surface area contributed by atoms with Crippen LogP contribution in [0.15, 0.2) is 30.3 Å². The largest absolute Gasteiger partial charge is 0.573 e. The van der Waals surface area contributed by atoms with Gasteiger partial charge < -0.3 is 29.5 Å². The van der Waals surface area contributed by atoms with Crippen LogP contribution in [0.5, 0.6) is 5.75 Å². The number of carboxylic acid groups (broad SMARTS) is 1. The Morgan fingerprint density at radius 3 is 2.54 bits per heavy atom. The number of aromatic carboxylic acids is 1. The molecule has 5 rings (SSSR count). The van der Waals surface area contributed by atoms with E-state index < -0.39 is 12.3 Å². The summed E-state index contributed by atoms with van der Waals surface area (Å²) in [6, 6.07) is 7.02. The number of benzene rings is 2. The zero-order chi connectivity index (χ0) is 27.9. The lowest BCUT2D eigenvalue weighted by Gasteiger charge is -2.32. The zero-order valence-corrected chi connectivity index (χ0v) is 21.9. The first-order valence-electron chi connectivity index (χ1n) is 12.2. The van der Waals surface area contributed by atoms with Gasteiger partial charge in [-0.2, -0.15) is 0 Å². The summed E-state index contributed by atoms with van der Waals surface area (Å²) < 4.78 is 44.1. The maximum Gasteiger partial charge on any atom is 0.573 e. The maximum atomic E-state index is 13.1. The normalized spacial score (nSPS) is 14.7. The van der Waals surface area contributed by atoms with Gasteiger partial charge in [0.15, 0.2) is 5.13 Å². The number of aryl methyl sites for hydroxylation is 1. The summed E-state index contributed by atoms with van der Waals surface area (Å²) in [5.74, 6) is -1.29. The highest BCUT2D eigenvalue weighted by Crippen LogP contribution is 2.34. The Morgan fingerprint density at radius 2 is 1.87 bits per heavy atom. The molecule has 206 valence electrons. The Labute approximate surface area is 224 Å². The second-order valence-electron chi connectivity index (χ2n) is 9.13. The highest BCUT2D eigenvalue weighted by atomic mass is 32.1. The molecular formula is C25H25F3N6O4S. The fraction of sp³-hybridized carbons (Fsp3) is 0.360. The molecule has 0 unspecified atom stereocenters. The van der Waals surface area contributed by atoms with Crippen LogP contribution < -0.4 is 10.1 Å². The average molecular weight is 563 g/mol. The molecule has 2 aromatic heterocycles. The molecule has 4 aromatic rings. The van der Waals surface area contributed by atoms with Crippen molar-refractivity contribution < 1.29 is 32.6 Å². The Kier molecular flexibility index (Phi) is 7.07. The van der Waals surface area contributed by atoms with Crippen LogP contribution in [0.1, 0.15) is 22.8 Å². The number of rotatable bonds is 7. The quantitative estimate of drug-likeness (QED) is 0.343. The van der Waals surface area contributed by atoms with Crippen molar-refractivity contribution in [2.75, 3.05) is 38.5 Å². The van der Waals surface area contributed by atoms with Crippen LogP contribution >= 0.6 is 11.3 Å². The van der Waals surface area contributed by atoms with Crippen molar-refractivity contribution in [1.82, 2.24) is 24.3 Å². The molecule has 0 spiro atoms. The second-order valence-corrected chi connectivity index (χ2v) is 10.2. The fourth-order valence-electron chi connectivity index (χ4n) is 4.61. The number of piperazine rings is 1. The van der Waals surface area contributed by atoms with Crippen molar-refractivity contribution in [2.24, 2.45) is 0 Å². The number of alkyl halides is 3. The number of nitrogens with zero attached hydrogens (tertiary/aromatic N) is 5. The van der Waals surface area contributed by atoms with Crippen molar-refractivity contribution in [1.29, 1.82) is 0 Å². The minimum Gasteiger partial charge on any atom is -0.478 e. The van der Waals surface area contributed by atoms with Gasteiger partial charge >= 0.3 is 12.3 Å². The minimum absolute atomic E-state index is 0.00876. The van der Waals surface area contributed by atoms with Crippen LogP contribution in [0.25, 0.3) is 21.3 Å². The summed E-state index contributed by atoms with van der Waals surface area (Å²) in [7, 11) is 1.98. The number of carbonyl (C=O) groups excluding carboxylic acids is 1. The minimum atomic E-state index is -4.80. The molecule has 0 radical (unpaired) electrons. The van der Waals surface area contributed by atoms with E-state index in [0.29, 0.717) is 57.5 Å². The van der Waals surface area contributed by atoms with E-state index in [1.165, 1.54) is 24.3 Å². The second kappa shape index (κ2) is 10.3. The topological polar surface area (TPSA) is 113 Å². The lowest BCUT2D eigenvalue weighted by atomic mass is 10.0. The van der Waals surface area contributed by atoms with E-state index in [0.717, 1.165) is 24.4 Å². The molecule has 10 nitrogen and oxygen atoms in total. The lowest BCUT2D eigenvalue weighted by molar-refractivity contribution is -0.274. The molecule has 14 heteroatoms. The number of amides is 1. The summed E-state index contributed by atoms with van der Waals surface area (Å²) in [5, 5.41) is 13.4. The van der Waals surface area contributed by atoms with Gasteiger partial charge in [-0.1, -0.05) is 11.3 Å². The molecule has 2 aromatic carbocycles. The van der Waals surface area contributed by atoms with Gasteiger partial charge in [0.1, 0.15) is 5.75 Å². The van der Waals surface area contributed by atoms with E-state index in [9.17, 15) is 27.9 Å². The van der Waals surface area contributed by atoms with E-state index in [1.807, 2.05) is 18.5 Å². The number of likely N-dealkylation sites (N-methyl/N-ethyl adjacent to an activating group) is 1. The van der Waals surface area contributed by atoms with Crippen LogP contribution in [0.2, 0.25) is 0 Å². The van der Waals surface area contributed by atoms with E-state index in [-0.39, 0.29) is 23.6 Å². The number of imidazole rings is 1. The SMILES string of the molecule is CCn1c(Nc2nc3ccc(OC(F)(F)F)cc3s2)nc2c(CC(=O)N3CCN(C)CC3)c(C(=O)O)ccc21. The number of ether oxygens (including phenoxy) is 1. The van der Waals surface area contributed by atoms with Crippen LogP contribution in [0, 0.1) is 0 Å². The molecule has 1 amide bonds. The number of carboxylic acids is 1. The summed E-state index contributed by atoms with van der Waals surface area (Å²) in [6.45, 7) is 4.99. The van der Waals surface area contributed by atoms with Crippen molar-refractivity contribution in [3.05, 3.63) is 41.5 Å². The van der Waals surface area contributed by atoms with Crippen LogP contribution in [-0.2, 0) is 17.8 Å². The van der Waals surface area contributed by atoms with Gasteiger partial charge in [-0.3, -0.25) is 4.79 Å². The number of aromatic nitrogens is 3. The third-order valence-corrected chi connectivity index (χ3v) is 7.50. The molecule has 0 saturated carbocycles. The number of hydrogen-bond donors (Lipinski definition) is 2. The highest BCUT2D eigenvalue weighted by Gasteiger charge is 2.31. The molecule has 2 N–H and O–H groups in total. The third kappa shape index (κ3) is 5.61. The average Bonchev–Trinajstić information content (AvgIpc) is 3.43. The first-order chi connectivity index (χ1) is 18.5. The van der Waals surface area contributed by atoms with E-state index >= 15 is 0 Å². The van der Waals surface area contributed by atoms with Crippen molar-refractivity contribution in [3.63, 3.8) is 0 Å². The van der Waals surface area contributed by atoms with E-state index in [2.05, 4.69) is 24.9 Å². The number of fused-ring (bicyclic) bond motifs is 2. The van der Waals surface area contributed by atoms with Gasteiger partial charge in [0.05, 0.1) is 33.2 Å². The van der Waals surface area contributed by atoms with E-state index in [4.69, 9.17) is 0 Å². The Hall–Kier alpha value is -3.91. The highest BCUT2D eigenvalue weighted by molar-refractivity contribution is 7.22. The number of hydrogen-bond acceptors (Lipinski definition) is 8. The smallest absolute Gasteiger partial charge is 0.478 e. The van der Waals surface area contributed by atoms with Crippen molar-refractivity contribution >= 4 is 55.5 Å². The lowest BCUT2D eigenvalue weighted by Crippen LogP contribution is -2.47. The standard InChI is InChI=1S/C25H25F3N6O4S/c1-3-34-18-7-5-15(22(36)37)16(13-20(35)33-10-8-32(2)9-11-33)21(18)30-23(34)31-24-29-17-6-4-14(12-19(17)39-24)38-25(26,27)28/h4-7,12H,3,8-11,13H2,1-2H3,(H,36,37)(H,29,30,31). The number of halogens is 3. The number of carbonyl (C=O) groups is 2. The predicted molar refractivity (Wildman–Crippen MR) is 140 cm³/mol. The molecule has 0 aliphatic carbocycles. The molecule has 0 bridgehead atoms. The van der Waals surface area contributed by atoms with Crippen molar-refractivity contribution in [2.45, 2.75) is 26.3 Å². The predicted octanol–water partition coefficient (Wildman–Crippen LogP) is 4.32. The summed E-state index contributed by atoms with van der Waals surface area (Å²) >= 11 is 1.12. The molecular weight excluding hydrogens is 537 g/mol. The number of thiazole rings is 1. The monoisotopic (exact) mass is 562 g/mol. The summed E-state index contributed by atoms with van der Waals surface area (Å²) in [4.78, 5) is 38.2. The Balaban J connectivity index is 1.49. The molecule has 39 heavy (non-hydrogen) atoms. The van der Waals surface area contributed by atoms with Gasteiger partial charge in [-0.05, 0) is 38.2 Å². The van der Waals surface area contributed by atoms with Crippen molar-refractivity contribution in [3.8, 4) is 5.75 Å². The Bertz CT molecular complexity index is 1560. The van der Waals surface area contributed by atoms with Gasteiger partial charge in [-0.15, -0.1) is 13.2 Å². The third-order valence-electron chi connectivity index (χ3n) is 6.57. The van der Waals surface area contributed by atoms with Gasteiger partial charge in [0.2, 0.25) is 11.9 Å². The van der Waals surface area contributed by atoms with Gasteiger partial charge in [0.25, 0.3) is 0 Å². The Morgan fingerprint density at radius 1 is 1.13 bits per heavy atom.